The van der Waals surface area contributed by atoms with Crippen LogP contribution in [0.2, 0.25) is 0 Å². The lowest BCUT2D eigenvalue weighted by atomic mass is 10.1. The van der Waals surface area contributed by atoms with Crippen LogP contribution >= 0.6 is 0 Å². The number of nitrogens with two attached hydrogens (primary N) is 1. The molecule has 100 valence electrons. The molecule has 0 aliphatic carbocycles. The molecule has 0 saturated carbocycles. The van der Waals surface area contributed by atoms with Gasteiger partial charge in [0.2, 0.25) is 0 Å². The summed E-state index contributed by atoms with van der Waals surface area (Å²) in [7, 11) is 0. The second-order valence-electron chi connectivity index (χ2n) is 4.16. The summed E-state index contributed by atoms with van der Waals surface area (Å²) in [6.45, 7) is 1.85. The minimum absolute atomic E-state index is 0.330. The first-order chi connectivity index (χ1) is 9.65. The second-order valence-corrected chi connectivity index (χ2v) is 4.16. The van der Waals surface area contributed by atoms with Crippen LogP contribution in [0.4, 0.5) is 11.4 Å². The Bertz CT molecular complexity index is 690. The maximum Gasteiger partial charge on any atom is 0.259 e. The van der Waals surface area contributed by atoms with E-state index in [4.69, 9.17) is 11.1 Å². The quantitative estimate of drug-likeness (QED) is 0.581. The molecule has 0 aliphatic heterocycles. The Morgan fingerprint density at radius 3 is 2.85 bits per heavy atom. The van der Waals surface area contributed by atoms with Gasteiger partial charge in [-0.05, 0) is 30.7 Å². The van der Waals surface area contributed by atoms with Crippen LogP contribution in [0.15, 0.2) is 36.7 Å². The van der Waals surface area contributed by atoms with Crippen molar-refractivity contribution in [1.29, 1.82) is 5.26 Å². The van der Waals surface area contributed by atoms with Gasteiger partial charge in [-0.15, -0.1) is 0 Å². The first-order valence-corrected chi connectivity index (χ1v) is 5.88. The standard InChI is InChI=1S/C14H13N5O/c1-9-2-3-10(7-15)6-13(9)18-14(20)11-8-17-5-4-12(11)19-16/h2-6,8H,16H2,1H3,(H,17,19)(H,18,20). The third kappa shape index (κ3) is 2.74. The Labute approximate surface area is 116 Å². The SMILES string of the molecule is Cc1ccc(C#N)cc1NC(=O)c1cnccc1NN. The van der Waals surface area contributed by atoms with Gasteiger partial charge in [0.05, 0.1) is 22.9 Å². The summed E-state index contributed by atoms with van der Waals surface area (Å²) in [5.74, 6) is 5.01. The van der Waals surface area contributed by atoms with Crippen molar-refractivity contribution in [1.82, 2.24) is 4.98 Å². The van der Waals surface area contributed by atoms with Crippen molar-refractivity contribution in [2.45, 2.75) is 6.92 Å². The highest BCUT2D eigenvalue weighted by Gasteiger charge is 2.12. The molecule has 20 heavy (non-hydrogen) atoms. The average molecular weight is 267 g/mol. The van der Waals surface area contributed by atoms with E-state index in [1.807, 2.05) is 13.0 Å². The maximum absolute atomic E-state index is 12.2. The number of hydrazine groups is 1. The number of hydrogen-bond donors (Lipinski definition) is 3. The van der Waals surface area contributed by atoms with Crippen LogP contribution in [0.3, 0.4) is 0 Å². The van der Waals surface area contributed by atoms with Crippen LogP contribution in [-0.2, 0) is 0 Å². The van der Waals surface area contributed by atoms with E-state index in [9.17, 15) is 4.79 Å². The Morgan fingerprint density at radius 1 is 1.35 bits per heavy atom. The van der Waals surface area contributed by atoms with Crippen LogP contribution in [0, 0.1) is 18.3 Å². The van der Waals surface area contributed by atoms with E-state index in [-0.39, 0.29) is 5.91 Å². The molecule has 1 heterocycles. The number of pyridine rings is 1. The van der Waals surface area contributed by atoms with Crippen molar-refractivity contribution in [2.75, 3.05) is 10.7 Å². The molecule has 0 saturated heterocycles. The molecule has 1 aromatic carbocycles. The summed E-state index contributed by atoms with van der Waals surface area (Å²) in [6.07, 6.45) is 2.96. The average Bonchev–Trinajstić information content (AvgIpc) is 2.49. The summed E-state index contributed by atoms with van der Waals surface area (Å²) >= 11 is 0. The second kappa shape index (κ2) is 5.82. The lowest BCUT2D eigenvalue weighted by Gasteiger charge is -2.11. The molecule has 6 nitrogen and oxygen atoms in total. The van der Waals surface area contributed by atoms with Gasteiger partial charge in [-0.3, -0.25) is 15.6 Å². The molecule has 0 atom stereocenters. The minimum Gasteiger partial charge on any atom is -0.323 e. The zero-order valence-corrected chi connectivity index (χ0v) is 10.8. The van der Waals surface area contributed by atoms with Gasteiger partial charge in [0, 0.05) is 18.1 Å². The van der Waals surface area contributed by atoms with Crippen molar-refractivity contribution in [2.24, 2.45) is 5.84 Å². The summed E-state index contributed by atoms with van der Waals surface area (Å²) in [6, 6.07) is 8.74. The molecule has 0 bridgehead atoms. The fourth-order valence-electron chi connectivity index (χ4n) is 1.72. The Morgan fingerprint density at radius 2 is 2.15 bits per heavy atom. The number of hydrogen-bond acceptors (Lipinski definition) is 5. The number of amides is 1. The van der Waals surface area contributed by atoms with Crippen molar-refractivity contribution in [3.05, 3.63) is 53.3 Å². The van der Waals surface area contributed by atoms with Crippen LogP contribution in [0.1, 0.15) is 21.5 Å². The van der Waals surface area contributed by atoms with Crippen molar-refractivity contribution in [3.8, 4) is 6.07 Å². The number of aromatic nitrogens is 1. The highest BCUT2D eigenvalue weighted by molar-refractivity contribution is 6.08. The first kappa shape index (κ1) is 13.5. The van der Waals surface area contributed by atoms with Gasteiger partial charge in [-0.1, -0.05) is 6.07 Å². The predicted molar refractivity (Wildman–Crippen MR) is 75.9 cm³/mol. The highest BCUT2D eigenvalue weighted by atomic mass is 16.1. The minimum atomic E-state index is -0.343. The molecule has 0 fully saturated rings. The van der Waals surface area contributed by atoms with Crippen LogP contribution < -0.4 is 16.6 Å². The van der Waals surface area contributed by atoms with Crippen LogP contribution in [-0.4, -0.2) is 10.9 Å². The zero-order chi connectivity index (χ0) is 14.5. The predicted octanol–water partition coefficient (Wildman–Crippen LogP) is 1.80. The highest BCUT2D eigenvalue weighted by Crippen LogP contribution is 2.19. The van der Waals surface area contributed by atoms with E-state index in [0.717, 1.165) is 5.56 Å². The number of carbonyl (C=O) groups excluding carboxylic acids is 1. The molecule has 2 aromatic rings. The molecule has 4 N–H and O–H groups in total. The summed E-state index contributed by atoms with van der Waals surface area (Å²) < 4.78 is 0. The number of carbonyl (C=O) groups is 1. The van der Waals surface area contributed by atoms with Gasteiger partial charge in [0.1, 0.15) is 0 Å². The van der Waals surface area contributed by atoms with Gasteiger partial charge in [-0.2, -0.15) is 5.26 Å². The topological polar surface area (TPSA) is 104 Å². The molecular formula is C14H13N5O. The van der Waals surface area contributed by atoms with E-state index >= 15 is 0 Å². The zero-order valence-electron chi connectivity index (χ0n) is 10.8. The Hall–Kier alpha value is -2.91. The van der Waals surface area contributed by atoms with Crippen LogP contribution in [0.25, 0.3) is 0 Å². The lowest BCUT2D eigenvalue weighted by Crippen LogP contribution is -2.18. The van der Waals surface area contributed by atoms with Crippen molar-refractivity contribution < 1.29 is 4.79 Å². The Balaban J connectivity index is 2.30. The summed E-state index contributed by atoms with van der Waals surface area (Å²) in [5, 5.41) is 11.6. The number of nitrogen functional groups attached to an aromatic ring is 1. The van der Waals surface area contributed by atoms with E-state index < -0.39 is 0 Å². The molecule has 2 rings (SSSR count). The number of nitrogens with one attached hydrogen (secondary N) is 2. The number of rotatable bonds is 3. The van der Waals surface area contributed by atoms with E-state index in [1.54, 1.807) is 24.3 Å². The molecule has 6 heteroatoms. The largest absolute Gasteiger partial charge is 0.323 e. The normalized spacial score (nSPS) is 9.65. The molecule has 0 unspecified atom stereocenters. The smallest absolute Gasteiger partial charge is 0.259 e. The van der Waals surface area contributed by atoms with Gasteiger partial charge < -0.3 is 10.7 Å². The third-order valence-corrected chi connectivity index (χ3v) is 2.84. The van der Waals surface area contributed by atoms with Gasteiger partial charge in [-0.25, -0.2) is 0 Å². The fourth-order valence-corrected chi connectivity index (χ4v) is 1.72. The molecule has 1 amide bonds. The molecule has 1 aromatic heterocycles. The van der Waals surface area contributed by atoms with E-state index in [2.05, 4.69) is 15.7 Å². The number of aryl methyl sites for hydroxylation is 1. The molecule has 0 aliphatic rings. The number of nitrogens with zero attached hydrogens (tertiary/aromatic N) is 2. The molecular weight excluding hydrogens is 254 g/mol. The first-order valence-electron chi connectivity index (χ1n) is 5.88. The van der Waals surface area contributed by atoms with Gasteiger partial charge >= 0.3 is 0 Å². The fraction of sp³-hybridized carbons (Fsp3) is 0.0714. The number of anilines is 2. The van der Waals surface area contributed by atoms with Gasteiger partial charge in [0.15, 0.2) is 0 Å². The van der Waals surface area contributed by atoms with E-state index in [0.29, 0.717) is 22.5 Å². The van der Waals surface area contributed by atoms with Gasteiger partial charge in [0.25, 0.3) is 5.91 Å². The molecule has 0 radical (unpaired) electrons. The molecule has 0 spiro atoms. The van der Waals surface area contributed by atoms with Crippen molar-refractivity contribution >= 4 is 17.3 Å². The van der Waals surface area contributed by atoms with Crippen LogP contribution in [0.5, 0.6) is 0 Å². The monoisotopic (exact) mass is 267 g/mol. The number of benzene rings is 1. The maximum atomic E-state index is 12.2. The van der Waals surface area contributed by atoms with E-state index in [1.165, 1.54) is 12.4 Å². The third-order valence-electron chi connectivity index (χ3n) is 2.84. The number of nitriles is 1. The summed E-state index contributed by atoms with van der Waals surface area (Å²) in [5.41, 5.74) is 5.18. The Kier molecular flexibility index (Phi) is 3.93. The van der Waals surface area contributed by atoms with Crippen molar-refractivity contribution in [3.63, 3.8) is 0 Å². The summed E-state index contributed by atoms with van der Waals surface area (Å²) in [4.78, 5) is 16.1. The lowest BCUT2D eigenvalue weighted by molar-refractivity contribution is 0.102.